The number of thioether (sulfide) groups is 1. The summed E-state index contributed by atoms with van der Waals surface area (Å²) in [5.74, 6) is 3.32. The summed E-state index contributed by atoms with van der Waals surface area (Å²) in [5.41, 5.74) is 8.00. The van der Waals surface area contributed by atoms with Gasteiger partial charge in [-0.3, -0.25) is 0 Å². The molecule has 2 aromatic rings. The highest BCUT2D eigenvalue weighted by molar-refractivity contribution is 8.03. The van der Waals surface area contributed by atoms with Gasteiger partial charge in [0.25, 0.3) is 0 Å². The Morgan fingerprint density at radius 2 is 1.33 bits per heavy atom. The van der Waals surface area contributed by atoms with Crippen molar-refractivity contribution in [2.45, 2.75) is 32.6 Å². The zero-order valence-corrected chi connectivity index (χ0v) is 18.6. The lowest BCUT2D eigenvalue weighted by molar-refractivity contribution is 0.333. The molecule has 0 radical (unpaired) electrons. The number of nitrogens with one attached hydrogen (secondary N) is 2. The molecule has 4 heteroatoms. The highest BCUT2D eigenvalue weighted by atomic mass is 32.2. The van der Waals surface area contributed by atoms with Crippen LogP contribution in [0.25, 0.3) is 0 Å². The molecule has 6 rings (SSSR count). The number of anilines is 2. The van der Waals surface area contributed by atoms with E-state index in [0.717, 1.165) is 17.2 Å². The Hall–Kier alpha value is -2.59. The van der Waals surface area contributed by atoms with Gasteiger partial charge in [0.2, 0.25) is 0 Å². The van der Waals surface area contributed by atoms with Crippen LogP contribution < -0.4 is 15.4 Å². The van der Waals surface area contributed by atoms with E-state index in [4.69, 9.17) is 4.74 Å². The zero-order valence-electron chi connectivity index (χ0n) is 17.7. The Labute approximate surface area is 182 Å². The molecule has 0 bridgehead atoms. The van der Waals surface area contributed by atoms with Gasteiger partial charge in [-0.15, -0.1) is 0 Å². The van der Waals surface area contributed by atoms with E-state index in [0.29, 0.717) is 17.8 Å². The summed E-state index contributed by atoms with van der Waals surface area (Å²) in [6, 6.07) is 16.9. The Bertz CT molecular complexity index is 998. The number of allylic oxidation sites excluding steroid dienone is 4. The number of para-hydroxylation sites is 3. The molecule has 4 atom stereocenters. The lowest BCUT2D eigenvalue weighted by Gasteiger charge is -2.46. The van der Waals surface area contributed by atoms with Crippen molar-refractivity contribution in [2.75, 3.05) is 10.6 Å². The highest BCUT2D eigenvalue weighted by Gasteiger charge is 2.45. The molecule has 152 valence electrons. The average molecular weight is 415 g/mol. The molecular formula is C26H26N2OS. The molecular weight excluding hydrogens is 388 g/mol. The maximum Gasteiger partial charge on any atom is 0.150 e. The van der Waals surface area contributed by atoms with Crippen molar-refractivity contribution >= 4 is 23.1 Å². The van der Waals surface area contributed by atoms with Gasteiger partial charge in [-0.2, -0.15) is 0 Å². The maximum atomic E-state index is 6.49. The van der Waals surface area contributed by atoms with Crippen LogP contribution >= 0.6 is 11.8 Å². The maximum absolute atomic E-state index is 6.49. The van der Waals surface area contributed by atoms with Crippen LogP contribution in [-0.2, 0) is 0 Å². The van der Waals surface area contributed by atoms with Gasteiger partial charge in [-0.25, -0.2) is 0 Å². The Kier molecular flexibility index (Phi) is 3.91. The summed E-state index contributed by atoms with van der Waals surface area (Å²) in [6.45, 7) is 9.39. The van der Waals surface area contributed by atoms with E-state index in [9.17, 15) is 0 Å². The van der Waals surface area contributed by atoms with Gasteiger partial charge in [-0.05, 0) is 24.3 Å². The smallest absolute Gasteiger partial charge is 0.150 e. The normalized spacial score (nSPS) is 28.9. The van der Waals surface area contributed by atoms with Gasteiger partial charge in [0.1, 0.15) is 11.5 Å². The van der Waals surface area contributed by atoms with E-state index >= 15 is 0 Å². The largest absolute Gasteiger partial charge is 0.457 e. The van der Waals surface area contributed by atoms with Gasteiger partial charge in [0.15, 0.2) is 0 Å². The summed E-state index contributed by atoms with van der Waals surface area (Å²) in [5, 5.41) is 7.51. The number of rotatable bonds is 0. The van der Waals surface area contributed by atoms with Crippen molar-refractivity contribution in [3.63, 3.8) is 0 Å². The number of fused-ring (bicyclic) bond motifs is 2. The standard InChI is InChI=1S/C26H26N2OS/c1-13-21-14(2)24-26(30-20-12-8-6-10-18(20)28-24)16(4)22(21)15(3)25-23(13)27-17-9-5-7-11-19(17)29-25/h5-16,27-28H,1-4H3. The summed E-state index contributed by atoms with van der Waals surface area (Å²) in [7, 11) is 0. The monoisotopic (exact) mass is 414 g/mol. The summed E-state index contributed by atoms with van der Waals surface area (Å²) >= 11 is 1.94. The minimum absolute atomic E-state index is 0.260. The lowest BCUT2D eigenvalue weighted by atomic mass is 9.67. The molecule has 0 saturated heterocycles. The van der Waals surface area contributed by atoms with Gasteiger partial charge >= 0.3 is 0 Å². The molecule has 4 aliphatic rings. The molecule has 2 aromatic carbocycles. The van der Waals surface area contributed by atoms with Crippen molar-refractivity contribution in [1.82, 2.24) is 0 Å². The first-order valence-corrected chi connectivity index (χ1v) is 11.7. The van der Waals surface area contributed by atoms with Crippen molar-refractivity contribution in [3.8, 4) is 5.75 Å². The van der Waals surface area contributed by atoms with Gasteiger partial charge < -0.3 is 15.4 Å². The van der Waals surface area contributed by atoms with Crippen molar-refractivity contribution in [3.05, 3.63) is 81.7 Å². The van der Waals surface area contributed by atoms with Gasteiger partial charge in [-0.1, -0.05) is 74.9 Å². The van der Waals surface area contributed by atoms with Crippen molar-refractivity contribution < 1.29 is 4.74 Å². The molecule has 0 spiro atoms. The zero-order chi connectivity index (χ0) is 20.6. The van der Waals surface area contributed by atoms with Crippen LogP contribution in [-0.4, -0.2) is 0 Å². The second kappa shape index (κ2) is 6.45. The van der Waals surface area contributed by atoms with E-state index < -0.39 is 0 Å². The molecule has 2 N–H and O–H groups in total. The SMILES string of the molecule is CC1C2=C(Oc3ccccc3N2)C(C)C2=C1C(C)C1=C(Sc3ccccc3N1)C2C. The molecule has 2 aliphatic carbocycles. The minimum atomic E-state index is 0.260. The van der Waals surface area contributed by atoms with Crippen LogP contribution in [0.1, 0.15) is 27.7 Å². The second-order valence-corrected chi connectivity index (χ2v) is 9.88. The number of hydrogen-bond donors (Lipinski definition) is 2. The quantitative estimate of drug-likeness (QED) is 0.455. The van der Waals surface area contributed by atoms with Gasteiger partial charge in [0, 0.05) is 39.2 Å². The van der Waals surface area contributed by atoms with E-state index in [2.05, 4.69) is 80.8 Å². The number of benzene rings is 2. The molecule has 4 unspecified atom stereocenters. The van der Waals surface area contributed by atoms with Crippen LogP contribution in [0.4, 0.5) is 11.4 Å². The van der Waals surface area contributed by atoms with Crippen LogP contribution in [0, 0.1) is 23.7 Å². The third-order valence-corrected chi connectivity index (χ3v) is 8.50. The van der Waals surface area contributed by atoms with E-state index in [1.807, 2.05) is 17.8 Å². The summed E-state index contributed by atoms with van der Waals surface area (Å²) in [4.78, 5) is 2.78. The first kappa shape index (κ1) is 18.2. The average Bonchev–Trinajstić information content (AvgIpc) is 2.78. The predicted molar refractivity (Wildman–Crippen MR) is 124 cm³/mol. The topological polar surface area (TPSA) is 33.3 Å². The molecule has 0 saturated carbocycles. The minimum Gasteiger partial charge on any atom is -0.457 e. The summed E-state index contributed by atoms with van der Waals surface area (Å²) < 4.78 is 6.49. The molecule has 0 aromatic heterocycles. The van der Waals surface area contributed by atoms with E-state index in [1.54, 1.807) is 11.1 Å². The lowest BCUT2D eigenvalue weighted by Crippen LogP contribution is -2.37. The third-order valence-electron chi connectivity index (χ3n) is 7.14. The molecule has 2 aliphatic heterocycles. The Balaban J connectivity index is 1.43. The van der Waals surface area contributed by atoms with Crippen LogP contribution in [0.2, 0.25) is 0 Å². The fourth-order valence-corrected chi connectivity index (χ4v) is 6.96. The fourth-order valence-electron chi connectivity index (χ4n) is 5.71. The second-order valence-electron chi connectivity index (χ2n) is 8.80. The first-order chi connectivity index (χ1) is 14.5. The van der Waals surface area contributed by atoms with E-state index in [-0.39, 0.29) is 5.92 Å². The first-order valence-electron chi connectivity index (χ1n) is 10.8. The van der Waals surface area contributed by atoms with Gasteiger partial charge in [0.05, 0.1) is 17.1 Å². The highest BCUT2D eigenvalue weighted by Crippen LogP contribution is 2.57. The van der Waals surface area contributed by atoms with Crippen LogP contribution in [0.15, 0.2) is 86.6 Å². The van der Waals surface area contributed by atoms with Crippen molar-refractivity contribution in [2.24, 2.45) is 23.7 Å². The van der Waals surface area contributed by atoms with Crippen LogP contribution in [0.5, 0.6) is 5.75 Å². The summed E-state index contributed by atoms with van der Waals surface area (Å²) in [6.07, 6.45) is 0. The number of hydrogen-bond acceptors (Lipinski definition) is 4. The number of ether oxygens (including phenoxy) is 1. The fraction of sp³-hybridized carbons (Fsp3) is 0.308. The van der Waals surface area contributed by atoms with Crippen molar-refractivity contribution in [1.29, 1.82) is 0 Å². The molecule has 0 amide bonds. The molecule has 30 heavy (non-hydrogen) atoms. The predicted octanol–water partition coefficient (Wildman–Crippen LogP) is 7.00. The molecule has 0 fully saturated rings. The Morgan fingerprint density at radius 3 is 2.17 bits per heavy atom. The van der Waals surface area contributed by atoms with E-state index in [1.165, 1.54) is 26.9 Å². The Morgan fingerprint density at radius 1 is 0.700 bits per heavy atom. The third kappa shape index (κ3) is 2.40. The molecule has 3 nitrogen and oxygen atoms in total. The van der Waals surface area contributed by atoms with Crippen LogP contribution in [0.3, 0.4) is 0 Å². The molecule has 2 heterocycles.